The highest BCUT2D eigenvalue weighted by Gasteiger charge is 2.18. The predicted molar refractivity (Wildman–Crippen MR) is 67.2 cm³/mol. The van der Waals surface area contributed by atoms with Crippen molar-refractivity contribution < 1.29 is 5.11 Å². The van der Waals surface area contributed by atoms with Gasteiger partial charge in [-0.2, -0.15) is 5.10 Å². The van der Waals surface area contributed by atoms with Crippen LogP contribution in [0.3, 0.4) is 0 Å². The van der Waals surface area contributed by atoms with Crippen molar-refractivity contribution in [3.63, 3.8) is 0 Å². The largest absolute Gasteiger partial charge is 0.508 e. The first-order chi connectivity index (χ1) is 8.70. The van der Waals surface area contributed by atoms with Gasteiger partial charge in [-0.05, 0) is 24.1 Å². The van der Waals surface area contributed by atoms with Gasteiger partial charge >= 0.3 is 0 Å². The maximum Gasteiger partial charge on any atom is 0.155 e. The van der Waals surface area contributed by atoms with Crippen LogP contribution in [0, 0.1) is 0 Å². The van der Waals surface area contributed by atoms with Crippen molar-refractivity contribution in [2.75, 3.05) is 0 Å². The Morgan fingerprint density at radius 3 is 3.17 bits per heavy atom. The highest BCUT2D eigenvalue weighted by atomic mass is 16.3. The number of nitrogens with zero attached hydrogens (tertiary/aromatic N) is 3. The molecule has 0 radical (unpaired) electrons. The third-order valence-corrected chi connectivity index (χ3v) is 3.21. The second-order valence-electron chi connectivity index (χ2n) is 4.77. The Hall–Kier alpha value is -1.88. The van der Waals surface area contributed by atoms with E-state index in [0.29, 0.717) is 6.42 Å². The normalized spacial score (nSPS) is 18.6. The average molecular weight is 244 g/mol. The van der Waals surface area contributed by atoms with Crippen molar-refractivity contribution in [1.82, 2.24) is 14.8 Å². The molecule has 3 N–H and O–H groups in total. The Labute approximate surface area is 105 Å². The quantitative estimate of drug-likeness (QED) is 0.821. The zero-order chi connectivity index (χ0) is 12.5. The molecule has 0 saturated carbocycles. The van der Waals surface area contributed by atoms with Gasteiger partial charge in [-0.1, -0.05) is 12.1 Å². The molecular weight excluding hydrogens is 228 g/mol. The van der Waals surface area contributed by atoms with Gasteiger partial charge in [-0.3, -0.25) is 0 Å². The van der Waals surface area contributed by atoms with E-state index in [1.165, 1.54) is 0 Å². The lowest BCUT2D eigenvalue weighted by molar-refractivity contribution is 0.421. The number of fused-ring (bicyclic) bond motifs is 1. The van der Waals surface area contributed by atoms with Crippen LogP contribution in [0.15, 0.2) is 24.3 Å². The number of aryl methyl sites for hydroxylation is 1. The Morgan fingerprint density at radius 1 is 1.44 bits per heavy atom. The molecule has 1 aliphatic heterocycles. The highest BCUT2D eigenvalue weighted by Crippen LogP contribution is 2.16. The van der Waals surface area contributed by atoms with Gasteiger partial charge in [0.2, 0.25) is 0 Å². The molecule has 5 nitrogen and oxygen atoms in total. The lowest BCUT2D eigenvalue weighted by atomic mass is 10.1. The summed E-state index contributed by atoms with van der Waals surface area (Å²) in [4.78, 5) is 4.52. The summed E-state index contributed by atoms with van der Waals surface area (Å²) in [6.45, 7) is 0.752. The molecule has 0 saturated heterocycles. The average Bonchev–Trinajstić information content (AvgIpc) is 2.70. The number of nitrogens with two attached hydrogens (primary N) is 1. The summed E-state index contributed by atoms with van der Waals surface area (Å²) in [6.07, 6.45) is 2.52. The molecule has 1 atom stereocenters. The van der Waals surface area contributed by atoms with Crippen LogP contribution in [0.2, 0.25) is 0 Å². The van der Waals surface area contributed by atoms with Gasteiger partial charge in [0.1, 0.15) is 11.6 Å². The van der Waals surface area contributed by atoms with Crippen LogP contribution in [0.25, 0.3) is 0 Å². The maximum absolute atomic E-state index is 9.43. The number of rotatable bonds is 2. The van der Waals surface area contributed by atoms with Crippen molar-refractivity contribution >= 4 is 0 Å². The van der Waals surface area contributed by atoms with E-state index in [9.17, 15) is 5.11 Å². The minimum Gasteiger partial charge on any atom is -0.508 e. The Kier molecular flexibility index (Phi) is 2.76. The lowest BCUT2D eigenvalue weighted by Crippen LogP contribution is -2.32. The summed E-state index contributed by atoms with van der Waals surface area (Å²) in [5.41, 5.74) is 6.93. The summed E-state index contributed by atoms with van der Waals surface area (Å²) in [6, 6.07) is 7.38. The van der Waals surface area contributed by atoms with E-state index in [2.05, 4.69) is 10.1 Å². The van der Waals surface area contributed by atoms with E-state index in [4.69, 9.17) is 5.73 Å². The zero-order valence-corrected chi connectivity index (χ0v) is 10.1. The van der Waals surface area contributed by atoms with Crippen molar-refractivity contribution in [3.05, 3.63) is 41.5 Å². The molecule has 5 heteroatoms. The molecule has 3 rings (SSSR count). The van der Waals surface area contributed by atoms with Gasteiger partial charge in [0.15, 0.2) is 5.82 Å². The molecular formula is C13H16N4O. The van der Waals surface area contributed by atoms with Gasteiger partial charge in [-0.15, -0.1) is 0 Å². The Morgan fingerprint density at radius 2 is 2.33 bits per heavy atom. The molecule has 1 aliphatic rings. The van der Waals surface area contributed by atoms with E-state index >= 15 is 0 Å². The molecule has 1 aromatic carbocycles. The van der Waals surface area contributed by atoms with Crippen LogP contribution in [0.4, 0.5) is 0 Å². The first kappa shape index (κ1) is 11.2. The molecule has 0 spiro atoms. The van der Waals surface area contributed by atoms with Gasteiger partial charge in [-0.25, -0.2) is 9.67 Å². The number of benzene rings is 1. The van der Waals surface area contributed by atoms with Crippen LogP contribution < -0.4 is 5.73 Å². The fraction of sp³-hybridized carbons (Fsp3) is 0.385. The number of aromatic hydroxyl groups is 1. The predicted octanol–water partition coefficient (Wildman–Crippen LogP) is 0.848. The highest BCUT2D eigenvalue weighted by molar-refractivity contribution is 5.29. The third kappa shape index (κ3) is 2.22. The lowest BCUT2D eigenvalue weighted by Gasteiger charge is -2.17. The van der Waals surface area contributed by atoms with Gasteiger partial charge in [0.05, 0.1) is 6.54 Å². The summed E-state index contributed by atoms with van der Waals surface area (Å²) in [5, 5.41) is 13.9. The van der Waals surface area contributed by atoms with Crippen molar-refractivity contribution in [1.29, 1.82) is 0 Å². The Bertz CT molecular complexity index is 564. The minimum atomic E-state index is 0.188. The monoisotopic (exact) mass is 244 g/mol. The van der Waals surface area contributed by atoms with Crippen LogP contribution in [0.1, 0.15) is 23.6 Å². The topological polar surface area (TPSA) is 77.0 Å². The Balaban J connectivity index is 1.82. The summed E-state index contributed by atoms with van der Waals surface area (Å²) >= 11 is 0. The molecule has 2 heterocycles. The fourth-order valence-electron chi connectivity index (χ4n) is 2.31. The van der Waals surface area contributed by atoms with Gasteiger partial charge in [0, 0.05) is 18.9 Å². The molecule has 94 valence electrons. The first-order valence-electron chi connectivity index (χ1n) is 6.17. The fourth-order valence-corrected chi connectivity index (χ4v) is 2.31. The SMILES string of the molecule is NC1CCc2nc(Cc3cccc(O)c3)nn2C1. The zero-order valence-electron chi connectivity index (χ0n) is 10.1. The summed E-state index contributed by atoms with van der Waals surface area (Å²) in [7, 11) is 0. The second kappa shape index (κ2) is 4.42. The second-order valence-corrected chi connectivity index (χ2v) is 4.77. The molecule has 2 aromatic rings. The third-order valence-electron chi connectivity index (χ3n) is 3.21. The molecule has 1 unspecified atom stereocenters. The van der Waals surface area contributed by atoms with Crippen molar-refractivity contribution in [2.45, 2.75) is 31.8 Å². The molecule has 0 bridgehead atoms. The number of hydrogen-bond acceptors (Lipinski definition) is 4. The van der Waals surface area contributed by atoms with E-state index in [-0.39, 0.29) is 11.8 Å². The summed E-state index contributed by atoms with van der Waals surface area (Å²) < 4.78 is 1.91. The van der Waals surface area contributed by atoms with Gasteiger partial charge in [0.25, 0.3) is 0 Å². The minimum absolute atomic E-state index is 0.188. The maximum atomic E-state index is 9.43. The van der Waals surface area contributed by atoms with E-state index < -0.39 is 0 Å². The van der Waals surface area contributed by atoms with Crippen LogP contribution in [-0.4, -0.2) is 25.9 Å². The van der Waals surface area contributed by atoms with Crippen LogP contribution in [-0.2, 0) is 19.4 Å². The molecule has 18 heavy (non-hydrogen) atoms. The van der Waals surface area contributed by atoms with E-state index in [0.717, 1.165) is 36.6 Å². The first-order valence-corrected chi connectivity index (χ1v) is 6.17. The van der Waals surface area contributed by atoms with Crippen LogP contribution >= 0.6 is 0 Å². The smallest absolute Gasteiger partial charge is 0.155 e. The molecule has 0 fully saturated rings. The standard InChI is InChI=1S/C13H16N4O/c14-10-4-5-13-15-12(16-17(13)8-10)7-9-2-1-3-11(18)6-9/h1-3,6,10,18H,4-5,7-8,14H2. The van der Waals surface area contributed by atoms with E-state index in [1.807, 2.05) is 16.8 Å². The number of phenols is 1. The molecule has 0 aliphatic carbocycles. The number of hydrogen-bond donors (Lipinski definition) is 2. The summed E-state index contributed by atoms with van der Waals surface area (Å²) in [5.74, 6) is 2.09. The number of phenolic OH excluding ortho intramolecular Hbond substituents is 1. The van der Waals surface area contributed by atoms with Crippen LogP contribution in [0.5, 0.6) is 5.75 Å². The van der Waals surface area contributed by atoms with Gasteiger partial charge < -0.3 is 10.8 Å². The van der Waals surface area contributed by atoms with Crippen molar-refractivity contribution in [2.24, 2.45) is 5.73 Å². The molecule has 1 aromatic heterocycles. The van der Waals surface area contributed by atoms with Crippen molar-refractivity contribution in [3.8, 4) is 5.75 Å². The number of aromatic nitrogens is 3. The molecule has 0 amide bonds. The van der Waals surface area contributed by atoms with E-state index in [1.54, 1.807) is 12.1 Å².